The maximum absolute atomic E-state index is 12.0. The van der Waals surface area contributed by atoms with E-state index in [0.717, 1.165) is 12.2 Å². The Balaban J connectivity index is 2.11. The summed E-state index contributed by atoms with van der Waals surface area (Å²) in [5.74, 6) is 0.550. The third-order valence-corrected chi connectivity index (χ3v) is 2.76. The highest BCUT2D eigenvalue weighted by molar-refractivity contribution is 6.29. The molecule has 0 saturated carbocycles. The van der Waals surface area contributed by atoms with E-state index in [1.165, 1.54) is 12.3 Å². The first kappa shape index (κ1) is 12.6. The van der Waals surface area contributed by atoms with Crippen LogP contribution in [0.2, 0.25) is 5.15 Å². The minimum atomic E-state index is -0.192. The summed E-state index contributed by atoms with van der Waals surface area (Å²) in [7, 11) is 0. The molecule has 0 spiro atoms. The largest absolute Gasteiger partial charge is 0.347 e. The highest BCUT2D eigenvalue weighted by Gasteiger charge is 2.16. The van der Waals surface area contributed by atoms with Crippen molar-refractivity contribution in [2.45, 2.75) is 19.4 Å². The van der Waals surface area contributed by atoms with Crippen molar-refractivity contribution < 1.29 is 4.79 Å². The Hall–Kier alpha value is -1.88. The highest BCUT2D eigenvalue weighted by atomic mass is 35.5. The van der Waals surface area contributed by atoms with Crippen LogP contribution in [0.4, 0.5) is 0 Å². The van der Waals surface area contributed by atoms with Crippen LogP contribution in [-0.2, 0) is 0 Å². The molecule has 1 atom stereocenters. The number of halogens is 1. The number of hydrogen-bond donors (Lipinski definition) is 2. The van der Waals surface area contributed by atoms with Gasteiger partial charge in [-0.15, -0.1) is 0 Å². The van der Waals surface area contributed by atoms with Crippen LogP contribution < -0.4 is 5.32 Å². The zero-order chi connectivity index (χ0) is 13.0. The fourth-order valence-electron chi connectivity index (χ4n) is 1.62. The van der Waals surface area contributed by atoms with Crippen LogP contribution in [-0.4, -0.2) is 20.9 Å². The average Bonchev–Trinajstić information content (AvgIpc) is 2.89. The van der Waals surface area contributed by atoms with Crippen LogP contribution in [0, 0.1) is 0 Å². The predicted octanol–water partition coefficient (Wildman–Crippen LogP) is 2.34. The number of H-pyrrole nitrogens is 1. The maximum Gasteiger partial charge on any atom is 0.252 e. The molecule has 0 aromatic carbocycles. The van der Waals surface area contributed by atoms with E-state index in [-0.39, 0.29) is 11.9 Å². The minimum absolute atomic E-state index is 0.139. The summed E-state index contributed by atoms with van der Waals surface area (Å²) in [4.78, 5) is 23.0. The Labute approximate surface area is 110 Å². The van der Waals surface area contributed by atoms with Crippen LogP contribution in [0.15, 0.2) is 30.7 Å². The van der Waals surface area contributed by atoms with Gasteiger partial charge in [-0.05, 0) is 18.6 Å². The van der Waals surface area contributed by atoms with E-state index in [0.29, 0.717) is 10.7 Å². The molecule has 0 bridgehead atoms. The first-order valence-corrected chi connectivity index (χ1v) is 6.00. The van der Waals surface area contributed by atoms with Crippen molar-refractivity contribution in [3.63, 3.8) is 0 Å². The monoisotopic (exact) mass is 264 g/mol. The molecular weight excluding hydrogens is 252 g/mol. The Bertz CT molecular complexity index is 527. The SMILES string of the molecule is CCC(NC(=O)c1ccnc(Cl)c1)c1ncc[nH]1. The van der Waals surface area contributed by atoms with Gasteiger partial charge in [-0.2, -0.15) is 0 Å². The molecule has 5 nitrogen and oxygen atoms in total. The second kappa shape index (κ2) is 5.64. The maximum atomic E-state index is 12.0. The van der Waals surface area contributed by atoms with Gasteiger partial charge in [0.15, 0.2) is 0 Å². The van der Waals surface area contributed by atoms with E-state index in [2.05, 4.69) is 20.3 Å². The number of nitrogens with one attached hydrogen (secondary N) is 2. The van der Waals surface area contributed by atoms with Crippen molar-refractivity contribution in [2.75, 3.05) is 0 Å². The molecule has 0 aliphatic heterocycles. The topological polar surface area (TPSA) is 70.7 Å². The first-order chi connectivity index (χ1) is 8.70. The molecule has 6 heteroatoms. The lowest BCUT2D eigenvalue weighted by Gasteiger charge is -2.14. The van der Waals surface area contributed by atoms with Crippen LogP contribution in [0.25, 0.3) is 0 Å². The van der Waals surface area contributed by atoms with E-state index >= 15 is 0 Å². The Morgan fingerprint density at radius 2 is 2.33 bits per heavy atom. The molecule has 2 aromatic heterocycles. The fourth-order valence-corrected chi connectivity index (χ4v) is 1.79. The number of rotatable bonds is 4. The van der Waals surface area contributed by atoms with Gasteiger partial charge < -0.3 is 10.3 Å². The first-order valence-electron chi connectivity index (χ1n) is 5.62. The molecular formula is C12H13ClN4O. The Kier molecular flexibility index (Phi) is 3.94. The van der Waals surface area contributed by atoms with Gasteiger partial charge in [0, 0.05) is 24.2 Å². The number of nitrogens with zero attached hydrogens (tertiary/aromatic N) is 2. The average molecular weight is 265 g/mol. The van der Waals surface area contributed by atoms with E-state index in [1.54, 1.807) is 18.5 Å². The van der Waals surface area contributed by atoms with Crippen molar-refractivity contribution in [3.8, 4) is 0 Å². The quantitative estimate of drug-likeness (QED) is 0.833. The number of carbonyl (C=O) groups is 1. The van der Waals surface area contributed by atoms with Crippen molar-refractivity contribution in [2.24, 2.45) is 0 Å². The lowest BCUT2D eigenvalue weighted by Crippen LogP contribution is -2.28. The van der Waals surface area contributed by atoms with Crippen LogP contribution in [0.1, 0.15) is 35.6 Å². The van der Waals surface area contributed by atoms with Gasteiger partial charge in [-0.25, -0.2) is 9.97 Å². The van der Waals surface area contributed by atoms with Gasteiger partial charge in [0.25, 0.3) is 5.91 Å². The second-order valence-corrected chi connectivity index (χ2v) is 4.16. The molecule has 0 aliphatic rings. The Morgan fingerprint density at radius 1 is 1.50 bits per heavy atom. The smallest absolute Gasteiger partial charge is 0.252 e. The highest BCUT2D eigenvalue weighted by Crippen LogP contribution is 2.13. The van der Waals surface area contributed by atoms with Crippen molar-refractivity contribution in [1.29, 1.82) is 0 Å². The molecule has 94 valence electrons. The molecule has 0 fully saturated rings. The van der Waals surface area contributed by atoms with E-state index in [4.69, 9.17) is 11.6 Å². The molecule has 2 N–H and O–H groups in total. The van der Waals surface area contributed by atoms with Crippen molar-refractivity contribution in [3.05, 3.63) is 47.3 Å². The second-order valence-electron chi connectivity index (χ2n) is 3.78. The normalized spacial score (nSPS) is 12.1. The summed E-state index contributed by atoms with van der Waals surface area (Å²) < 4.78 is 0. The summed E-state index contributed by atoms with van der Waals surface area (Å²) in [6, 6.07) is 3.02. The van der Waals surface area contributed by atoms with Crippen LogP contribution in [0.3, 0.4) is 0 Å². The zero-order valence-electron chi connectivity index (χ0n) is 9.85. The lowest BCUT2D eigenvalue weighted by molar-refractivity contribution is 0.0934. The molecule has 1 amide bonds. The molecule has 0 aliphatic carbocycles. The molecule has 2 rings (SSSR count). The molecule has 2 heterocycles. The number of imidazole rings is 1. The van der Waals surface area contributed by atoms with Crippen LogP contribution >= 0.6 is 11.6 Å². The number of hydrogen-bond acceptors (Lipinski definition) is 3. The van der Waals surface area contributed by atoms with Crippen molar-refractivity contribution >= 4 is 17.5 Å². The third kappa shape index (κ3) is 2.87. The Morgan fingerprint density at radius 3 is 2.94 bits per heavy atom. The van der Waals surface area contributed by atoms with Gasteiger partial charge >= 0.3 is 0 Å². The molecule has 0 radical (unpaired) electrons. The fraction of sp³-hybridized carbons (Fsp3) is 0.250. The van der Waals surface area contributed by atoms with E-state index in [1.807, 2.05) is 6.92 Å². The number of pyridine rings is 1. The van der Waals surface area contributed by atoms with Gasteiger partial charge in [0.05, 0.1) is 6.04 Å². The number of carbonyl (C=O) groups excluding carboxylic acids is 1. The molecule has 2 aromatic rings. The number of amides is 1. The van der Waals surface area contributed by atoms with Gasteiger partial charge in [0.1, 0.15) is 11.0 Å². The zero-order valence-corrected chi connectivity index (χ0v) is 10.6. The third-order valence-electron chi connectivity index (χ3n) is 2.55. The number of aromatic nitrogens is 3. The molecule has 0 saturated heterocycles. The summed E-state index contributed by atoms with van der Waals surface area (Å²) in [5.41, 5.74) is 0.486. The molecule has 1 unspecified atom stereocenters. The van der Waals surface area contributed by atoms with Gasteiger partial charge in [0.2, 0.25) is 0 Å². The van der Waals surface area contributed by atoms with Crippen molar-refractivity contribution in [1.82, 2.24) is 20.3 Å². The summed E-state index contributed by atoms with van der Waals surface area (Å²) in [6.07, 6.45) is 5.64. The van der Waals surface area contributed by atoms with E-state index in [9.17, 15) is 4.79 Å². The van der Waals surface area contributed by atoms with Crippen LogP contribution in [0.5, 0.6) is 0 Å². The summed E-state index contributed by atoms with van der Waals surface area (Å²) >= 11 is 5.75. The molecule has 18 heavy (non-hydrogen) atoms. The standard InChI is InChI=1S/C12H13ClN4O/c1-2-9(11-15-5-6-16-11)17-12(18)8-3-4-14-10(13)7-8/h3-7,9H,2H2,1H3,(H,15,16)(H,17,18). The minimum Gasteiger partial charge on any atom is -0.347 e. The number of aromatic amines is 1. The van der Waals surface area contributed by atoms with E-state index < -0.39 is 0 Å². The van der Waals surface area contributed by atoms with Gasteiger partial charge in [-0.3, -0.25) is 4.79 Å². The summed E-state index contributed by atoms with van der Waals surface area (Å²) in [6.45, 7) is 1.98. The van der Waals surface area contributed by atoms with Gasteiger partial charge in [-0.1, -0.05) is 18.5 Å². The summed E-state index contributed by atoms with van der Waals surface area (Å²) in [5, 5.41) is 3.19. The predicted molar refractivity (Wildman–Crippen MR) is 68.3 cm³/mol. The lowest BCUT2D eigenvalue weighted by atomic mass is 10.2.